The summed E-state index contributed by atoms with van der Waals surface area (Å²) in [6.07, 6.45) is -15.8. The second kappa shape index (κ2) is 19.2. The van der Waals surface area contributed by atoms with Gasteiger partial charge in [-0.3, -0.25) is 0 Å². The number of hydrogen-bond acceptors (Lipinski definition) is 17. The van der Waals surface area contributed by atoms with Crippen molar-refractivity contribution in [3.63, 3.8) is 0 Å². The minimum absolute atomic E-state index is 0.0250. The molecule has 0 aromatic rings. The molecule has 0 aromatic carbocycles. The van der Waals surface area contributed by atoms with Crippen molar-refractivity contribution in [2.45, 2.75) is 231 Å². The quantitative estimate of drug-likeness (QED) is 0.0971. The Morgan fingerprint density at radius 2 is 1.27 bits per heavy atom. The Labute approximate surface area is 390 Å². The van der Waals surface area contributed by atoms with Gasteiger partial charge in [0.25, 0.3) is 0 Å². The number of hydrogen-bond donors (Lipinski definition) is 11. The van der Waals surface area contributed by atoms with E-state index in [0.29, 0.717) is 38.5 Å². The van der Waals surface area contributed by atoms with E-state index in [2.05, 4.69) is 47.6 Å². The van der Waals surface area contributed by atoms with Crippen LogP contribution in [0.25, 0.3) is 0 Å². The molecule has 0 radical (unpaired) electrons. The smallest absolute Gasteiger partial charge is 0.187 e. The van der Waals surface area contributed by atoms with E-state index in [1.54, 1.807) is 0 Å². The van der Waals surface area contributed by atoms with Crippen LogP contribution in [-0.2, 0) is 28.4 Å². The van der Waals surface area contributed by atoms with E-state index in [1.807, 2.05) is 20.8 Å². The minimum atomic E-state index is -1.72. The van der Waals surface area contributed by atoms with Crippen LogP contribution in [0.1, 0.15) is 121 Å². The summed E-state index contributed by atoms with van der Waals surface area (Å²) in [4.78, 5) is 0. The predicted molar refractivity (Wildman–Crippen MR) is 237 cm³/mol. The third kappa shape index (κ3) is 8.70. The molecule has 7 aliphatic rings. The monoisotopic (exact) mass is 945 g/mol. The molecule has 4 saturated carbocycles. The first-order chi connectivity index (χ1) is 30.7. The fourth-order valence-corrected chi connectivity index (χ4v) is 15.0. The van der Waals surface area contributed by atoms with E-state index < -0.39 is 139 Å². The predicted octanol–water partition coefficient (Wildman–Crippen LogP) is 1.25. The van der Waals surface area contributed by atoms with Crippen LogP contribution in [0.15, 0.2) is 11.6 Å². The van der Waals surface area contributed by atoms with Crippen molar-refractivity contribution < 1.29 is 84.6 Å². The molecule has 17 nitrogen and oxygen atoms in total. The molecule has 26 atom stereocenters. The molecule has 0 spiro atoms. The van der Waals surface area contributed by atoms with Crippen molar-refractivity contribution in [1.82, 2.24) is 0 Å². The highest BCUT2D eigenvalue weighted by Gasteiger charge is 2.74. The highest BCUT2D eigenvalue weighted by atomic mass is 16.8. The van der Waals surface area contributed by atoms with Gasteiger partial charge in [0.2, 0.25) is 0 Å². The third-order valence-electron chi connectivity index (χ3n) is 19.2. The molecule has 17 heteroatoms. The number of rotatable bonds is 12. The second-order valence-electron chi connectivity index (χ2n) is 23.4. The Hall–Kier alpha value is -0.940. The first-order valence-electron chi connectivity index (χ1n) is 24.6. The zero-order chi connectivity index (χ0) is 48.8. The van der Waals surface area contributed by atoms with Crippen LogP contribution in [0.4, 0.5) is 0 Å². The lowest BCUT2D eigenvalue weighted by atomic mass is 9.34. The van der Waals surface area contributed by atoms with Crippen LogP contribution < -0.4 is 0 Å². The number of allylic oxidation sites excluding steroid dienone is 2. The summed E-state index contributed by atoms with van der Waals surface area (Å²) in [5, 5.41) is 121. The molecular weight excluding hydrogens is 861 g/mol. The van der Waals surface area contributed by atoms with Gasteiger partial charge < -0.3 is 84.6 Å². The van der Waals surface area contributed by atoms with E-state index in [0.717, 1.165) is 18.4 Å². The van der Waals surface area contributed by atoms with Crippen LogP contribution >= 0.6 is 0 Å². The zero-order valence-corrected chi connectivity index (χ0v) is 40.7. The maximum Gasteiger partial charge on any atom is 0.187 e. The zero-order valence-electron chi connectivity index (χ0n) is 40.7. The Balaban J connectivity index is 1.27. The summed E-state index contributed by atoms with van der Waals surface area (Å²) in [6.45, 7) is 19.9. The number of aliphatic hydroxyl groups excluding tert-OH is 11. The Morgan fingerprint density at radius 1 is 0.682 bits per heavy atom. The molecule has 4 aliphatic carbocycles. The van der Waals surface area contributed by atoms with Gasteiger partial charge in [-0.25, -0.2) is 0 Å². The molecule has 11 N–H and O–H groups in total. The van der Waals surface area contributed by atoms with Crippen molar-refractivity contribution >= 4 is 0 Å². The van der Waals surface area contributed by atoms with Crippen LogP contribution in [0, 0.1) is 51.2 Å². The minimum Gasteiger partial charge on any atom is -0.394 e. The lowest BCUT2D eigenvalue weighted by molar-refractivity contribution is -0.381. The highest BCUT2D eigenvalue weighted by molar-refractivity contribution is 5.22. The van der Waals surface area contributed by atoms with Gasteiger partial charge in [-0.1, -0.05) is 53.2 Å². The molecule has 1 unspecified atom stereocenters. The van der Waals surface area contributed by atoms with E-state index in [9.17, 15) is 56.2 Å². The molecule has 3 heterocycles. The SMILES string of the molecule is CC(C)=CCC[C@](C)(O[C@@H]1O[C@H](CO)[C@@H](O)[C@H](O)[C@H]1O)[C@H]1CC[C@]2(C)[C@@H]1[C@H](O)C[C@@H]1[C@@]3(C)CC[C@H](C)C(C)(C)[C@@H]3C(O[C@@H]3O[C@H](CO)[C@@H](O)[C@H](O)[C@H]3O[C@@H]3O[C@@H](C)[C@H](O)[C@H](O)[C@H]3O)C[C@]12C. The molecular formula is C49H84O17. The Bertz CT molecular complexity index is 1700. The third-order valence-corrected chi connectivity index (χ3v) is 19.2. The molecule has 66 heavy (non-hydrogen) atoms. The molecule has 0 aromatic heterocycles. The molecule has 3 saturated heterocycles. The Kier molecular flexibility index (Phi) is 15.4. The first-order valence-corrected chi connectivity index (χ1v) is 24.6. The highest BCUT2D eigenvalue weighted by Crippen LogP contribution is 2.77. The van der Waals surface area contributed by atoms with Crippen LogP contribution in [0.5, 0.6) is 0 Å². The molecule has 7 fully saturated rings. The Morgan fingerprint density at radius 3 is 1.89 bits per heavy atom. The van der Waals surface area contributed by atoms with Gasteiger partial charge in [0.05, 0.1) is 37.1 Å². The molecule has 0 bridgehead atoms. The van der Waals surface area contributed by atoms with Gasteiger partial charge in [-0.15, -0.1) is 0 Å². The lowest BCUT2D eigenvalue weighted by Gasteiger charge is -2.72. The molecule has 382 valence electrons. The summed E-state index contributed by atoms with van der Waals surface area (Å²) in [5.74, 6) is -0.396. The van der Waals surface area contributed by atoms with Crippen LogP contribution in [0.2, 0.25) is 0 Å². The number of fused-ring (bicyclic) bond motifs is 5. The maximum absolute atomic E-state index is 12.8. The van der Waals surface area contributed by atoms with Crippen LogP contribution in [0.3, 0.4) is 0 Å². The topological polar surface area (TPSA) is 278 Å². The van der Waals surface area contributed by atoms with Gasteiger partial charge in [-0.05, 0) is 130 Å². The van der Waals surface area contributed by atoms with Crippen molar-refractivity contribution in [3.8, 4) is 0 Å². The summed E-state index contributed by atoms with van der Waals surface area (Å²) in [7, 11) is 0. The summed E-state index contributed by atoms with van der Waals surface area (Å²) >= 11 is 0. The summed E-state index contributed by atoms with van der Waals surface area (Å²) in [5.41, 5.74) is -1.63. The molecule has 0 amide bonds. The normalized spacial score (nSPS) is 53.5. The van der Waals surface area contributed by atoms with E-state index in [-0.39, 0.29) is 35.0 Å². The van der Waals surface area contributed by atoms with Gasteiger partial charge in [-0.2, -0.15) is 0 Å². The van der Waals surface area contributed by atoms with Gasteiger partial charge in [0.15, 0.2) is 18.9 Å². The number of ether oxygens (including phenoxy) is 6. The average Bonchev–Trinajstić information content (AvgIpc) is 3.64. The average molecular weight is 945 g/mol. The van der Waals surface area contributed by atoms with E-state index in [4.69, 9.17) is 28.4 Å². The summed E-state index contributed by atoms with van der Waals surface area (Å²) in [6, 6.07) is 0. The van der Waals surface area contributed by atoms with Gasteiger partial charge in [0, 0.05) is 0 Å². The van der Waals surface area contributed by atoms with E-state index in [1.165, 1.54) is 6.92 Å². The fourth-order valence-electron chi connectivity index (χ4n) is 15.0. The largest absolute Gasteiger partial charge is 0.394 e. The fraction of sp³-hybridized carbons (Fsp3) is 0.959. The van der Waals surface area contributed by atoms with Gasteiger partial charge >= 0.3 is 0 Å². The lowest BCUT2D eigenvalue weighted by Crippen LogP contribution is -2.70. The molecule has 3 aliphatic heterocycles. The van der Waals surface area contributed by atoms with Crippen molar-refractivity contribution in [2.24, 2.45) is 51.2 Å². The molecule has 7 rings (SSSR count). The van der Waals surface area contributed by atoms with Crippen molar-refractivity contribution in [1.29, 1.82) is 0 Å². The standard InChI is InChI=1S/C49H84O17/c1-22(2)12-11-15-49(10,66-43-39(60)36(57)33(54)28(20-50)63-43)25-14-17-47(8)31(25)26(52)18-30-46(7)16-13-23(3)45(5,6)41(46)27(19-48(30,47)9)62-44-40(37(58)34(55)29(21-51)64-44)65-42-38(59)35(56)32(53)24(4)61-42/h12,23-44,50-60H,11,13-21H2,1-10H3/t23-,24-,25-,26+,27?,28+,29+,30+,31-,32-,33+,34+,35-,36-,37-,38+,39+,40+,41-,42-,43-,44+,46+,47+,48+,49-/m0/s1. The maximum atomic E-state index is 12.8. The first kappa shape index (κ1) is 52.9. The van der Waals surface area contributed by atoms with Crippen molar-refractivity contribution in [3.05, 3.63) is 11.6 Å². The number of aliphatic hydroxyl groups is 11. The van der Waals surface area contributed by atoms with Gasteiger partial charge in [0.1, 0.15) is 67.1 Å². The van der Waals surface area contributed by atoms with Crippen LogP contribution in [-0.4, -0.2) is 179 Å². The van der Waals surface area contributed by atoms with Crippen molar-refractivity contribution in [2.75, 3.05) is 13.2 Å². The van der Waals surface area contributed by atoms with E-state index >= 15 is 0 Å². The summed E-state index contributed by atoms with van der Waals surface area (Å²) < 4.78 is 38.4. The second-order valence-corrected chi connectivity index (χ2v) is 23.4.